The van der Waals surface area contributed by atoms with Gasteiger partial charge >= 0.3 is 5.97 Å². The first-order valence-corrected chi connectivity index (χ1v) is 9.54. The molecule has 2 bridgehead atoms. The molecule has 7 heteroatoms. The average Bonchev–Trinajstić information content (AvgIpc) is 3.30. The minimum atomic E-state index is -0.853. The van der Waals surface area contributed by atoms with Crippen molar-refractivity contribution in [3.8, 4) is 11.3 Å². The van der Waals surface area contributed by atoms with E-state index >= 15 is 0 Å². The second-order valence-corrected chi connectivity index (χ2v) is 8.05. The molecule has 1 amide bonds. The van der Waals surface area contributed by atoms with E-state index in [9.17, 15) is 14.7 Å². The minimum absolute atomic E-state index is 0.138. The Balaban J connectivity index is 1.50. The molecule has 2 aliphatic rings. The van der Waals surface area contributed by atoms with Crippen molar-refractivity contribution in [3.05, 3.63) is 34.7 Å². The van der Waals surface area contributed by atoms with Crippen LogP contribution in [0.2, 0.25) is 5.02 Å². The Hall–Kier alpha value is -1.92. The van der Waals surface area contributed by atoms with Gasteiger partial charge in [-0.1, -0.05) is 23.7 Å². The Bertz CT molecular complexity index is 820. The Kier molecular flexibility index (Phi) is 4.25. The maximum Gasteiger partial charge on any atom is 0.307 e. The number of carbonyl (C=O) groups is 2. The molecule has 2 saturated carbocycles. The van der Waals surface area contributed by atoms with Gasteiger partial charge in [0.05, 0.1) is 17.5 Å². The average molecular weight is 377 g/mol. The molecule has 0 spiro atoms. The summed E-state index contributed by atoms with van der Waals surface area (Å²) >= 11 is 7.24. The Labute approximate surface area is 154 Å². The monoisotopic (exact) mass is 376 g/mol. The number of aromatic nitrogens is 1. The zero-order chi connectivity index (χ0) is 17.6. The molecule has 0 saturated heterocycles. The maximum atomic E-state index is 12.7. The molecule has 2 N–H and O–H groups in total. The van der Waals surface area contributed by atoms with Crippen LogP contribution in [0, 0.1) is 23.7 Å². The molecule has 2 aliphatic carbocycles. The molecule has 5 nitrogen and oxygen atoms in total. The van der Waals surface area contributed by atoms with Gasteiger partial charge < -0.3 is 10.4 Å². The highest BCUT2D eigenvalue weighted by molar-refractivity contribution is 7.14. The van der Waals surface area contributed by atoms with Gasteiger partial charge in [-0.15, -0.1) is 11.3 Å². The highest BCUT2D eigenvalue weighted by Crippen LogP contribution is 2.52. The van der Waals surface area contributed by atoms with Crippen molar-refractivity contribution in [2.75, 3.05) is 5.32 Å². The number of carbonyl (C=O) groups excluding carboxylic acids is 1. The number of nitrogens with one attached hydrogen (secondary N) is 1. The van der Waals surface area contributed by atoms with Crippen LogP contribution in [0.1, 0.15) is 19.3 Å². The molecule has 1 heterocycles. The van der Waals surface area contributed by atoms with Gasteiger partial charge in [-0.05, 0) is 43.2 Å². The lowest BCUT2D eigenvalue weighted by Gasteiger charge is -2.26. The zero-order valence-electron chi connectivity index (χ0n) is 13.3. The van der Waals surface area contributed by atoms with Gasteiger partial charge in [0, 0.05) is 16.0 Å². The summed E-state index contributed by atoms with van der Waals surface area (Å²) in [6, 6.07) is 7.33. The van der Waals surface area contributed by atoms with E-state index in [0.29, 0.717) is 10.2 Å². The second-order valence-electron chi connectivity index (χ2n) is 6.76. The van der Waals surface area contributed by atoms with Crippen molar-refractivity contribution < 1.29 is 14.7 Å². The molecule has 4 atom stereocenters. The number of carboxylic acid groups (broad SMARTS) is 1. The number of fused-ring (bicyclic) bond motifs is 2. The number of amides is 1. The number of halogens is 1. The minimum Gasteiger partial charge on any atom is -0.481 e. The molecule has 0 aliphatic heterocycles. The van der Waals surface area contributed by atoms with E-state index in [-0.39, 0.29) is 17.7 Å². The van der Waals surface area contributed by atoms with Crippen molar-refractivity contribution in [2.24, 2.45) is 23.7 Å². The van der Waals surface area contributed by atoms with Gasteiger partial charge in [0.25, 0.3) is 0 Å². The summed E-state index contributed by atoms with van der Waals surface area (Å²) in [6.07, 6.45) is 2.72. The predicted octanol–water partition coefficient (Wildman–Crippen LogP) is 4.15. The van der Waals surface area contributed by atoms with Crippen molar-refractivity contribution >= 4 is 39.9 Å². The molecule has 0 radical (unpaired) electrons. The fraction of sp³-hybridized carbons (Fsp3) is 0.389. The largest absolute Gasteiger partial charge is 0.481 e. The lowest BCUT2D eigenvalue weighted by molar-refractivity contribution is -0.148. The number of hydrogen-bond donors (Lipinski definition) is 2. The van der Waals surface area contributed by atoms with E-state index in [1.165, 1.54) is 11.3 Å². The number of aliphatic carboxylic acids is 1. The van der Waals surface area contributed by atoms with Crippen molar-refractivity contribution in [2.45, 2.75) is 19.3 Å². The molecular formula is C18H17ClN2O3S. The first-order valence-electron chi connectivity index (χ1n) is 8.28. The third kappa shape index (κ3) is 3.04. The second kappa shape index (κ2) is 6.42. The van der Waals surface area contributed by atoms with E-state index in [0.717, 1.165) is 30.5 Å². The number of carboxylic acids is 1. The Morgan fingerprint density at radius 1 is 1.16 bits per heavy atom. The van der Waals surface area contributed by atoms with Gasteiger partial charge in [0.15, 0.2) is 5.13 Å². The number of nitrogens with zero attached hydrogens (tertiary/aromatic N) is 1. The third-order valence-corrected chi connectivity index (χ3v) is 6.39. The molecule has 0 unspecified atom stereocenters. The van der Waals surface area contributed by atoms with Crippen LogP contribution in [0.4, 0.5) is 5.13 Å². The molecule has 25 heavy (non-hydrogen) atoms. The van der Waals surface area contributed by atoms with Crippen LogP contribution in [0.25, 0.3) is 11.3 Å². The van der Waals surface area contributed by atoms with Crippen LogP contribution in [0.15, 0.2) is 29.6 Å². The molecule has 1 aromatic carbocycles. The van der Waals surface area contributed by atoms with Crippen LogP contribution < -0.4 is 5.32 Å². The summed E-state index contributed by atoms with van der Waals surface area (Å²) in [5.74, 6) is -1.75. The van der Waals surface area contributed by atoms with Crippen LogP contribution in [0.3, 0.4) is 0 Å². The van der Waals surface area contributed by atoms with Crippen LogP contribution in [-0.4, -0.2) is 22.0 Å². The first-order chi connectivity index (χ1) is 12.0. The Morgan fingerprint density at radius 3 is 2.52 bits per heavy atom. The van der Waals surface area contributed by atoms with Crippen molar-refractivity contribution in [3.63, 3.8) is 0 Å². The third-order valence-electron chi connectivity index (χ3n) is 5.38. The van der Waals surface area contributed by atoms with Crippen LogP contribution in [-0.2, 0) is 9.59 Å². The van der Waals surface area contributed by atoms with Gasteiger partial charge in [0.2, 0.25) is 5.91 Å². The van der Waals surface area contributed by atoms with Crippen LogP contribution in [0.5, 0.6) is 0 Å². The van der Waals surface area contributed by atoms with Crippen molar-refractivity contribution in [1.82, 2.24) is 4.98 Å². The highest BCUT2D eigenvalue weighted by Gasteiger charge is 2.54. The summed E-state index contributed by atoms with van der Waals surface area (Å²) in [6.45, 7) is 0. The standard InChI is InChI=1S/C18H17ClN2O3S/c19-12-5-3-9(4-6-12)13-8-25-18(20-13)21-16(22)14-10-1-2-11(7-10)15(14)17(23)24/h3-6,8,10-11,14-15H,1-2,7H2,(H,23,24)(H,20,21,22)/t10-,11+,14-,15+/m0/s1. The fourth-order valence-corrected chi connectivity index (χ4v) is 5.15. The van der Waals surface area contributed by atoms with E-state index < -0.39 is 17.8 Å². The number of benzene rings is 1. The molecule has 130 valence electrons. The fourth-order valence-electron chi connectivity index (χ4n) is 4.30. The lowest BCUT2D eigenvalue weighted by Crippen LogP contribution is -2.37. The van der Waals surface area contributed by atoms with E-state index in [1.807, 2.05) is 17.5 Å². The first kappa shape index (κ1) is 16.5. The van der Waals surface area contributed by atoms with Gasteiger partial charge in [0.1, 0.15) is 0 Å². The summed E-state index contributed by atoms with van der Waals surface area (Å²) < 4.78 is 0. The predicted molar refractivity (Wildman–Crippen MR) is 96.6 cm³/mol. The number of anilines is 1. The summed E-state index contributed by atoms with van der Waals surface area (Å²) in [7, 11) is 0. The normalized spacial score (nSPS) is 27.4. The number of rotatable bonds is 4. The number of thiazole rings is 1. The Morgan fingerprint density at radius 2 is 1.84 bits per heavy atom. The number of hydrogen-bond acceptors (Lipinski definition) is 4. The van der Waals surface area contributed by atoms with E-state index in [1.54, 1.807) is 12.1 Å². The van der Waals surface area contributed by atoms with Crippen LogP contribution >= 0.6 is 22.9 Å². The van der Waals surface area contributed by atoms with Crippen molar-refractivity contribution in [1.29, 1.82) is 0 Å². The van der Waals surface area contributed by atoms with E-state index in [4.69, 9.17) is 11.6 Å². The topological polar surface area (TPSA) is 79.3 Å². The quantitative estimate of drug-likeness (QED) is 0.840. The molecule has 1 aromatic heterocycles. The summed E-state index contributed by atoms with van der Waals surface area (Å²) in [5.41, 5.74) is 1.68. The smallest absolute Gasteiger partial charge is 0.307 e. The molecule has 2 aromatic rings. The molecule has 4 rings (SSSR count). The SMILES string of the molecule is O=C(O)[C@@H]1[C@@H]2CC[C@@H](C2)[C@@H]1C(=O)Nc1nc(-c2ccc(Cl)cc2)cs1. The zero-order valence-corrected chi connectivity index (χ0v) is 14.9. The summed E-state index contributed by atoms with van der Waals surface area (Å²) in [5, 5.41) is 15.4. The summed E-state index contributed by atoms with van der Waals surface area (Å²) in [4.78, 5) is 28.7. The van der Waals surface area contributed by atoms with Gasteiger partial charge in [-0.25, -0.2) is 4.98 Å². The maximum absolute atomic E-state index is 12.7. The van der Waals surface area contributed by atoms with E-state index in [2.05, 4.69) is 10.3 Å². The molecule has 2 fully saturated rings. The van der Waals surface area contributed by atoms with Gasteiger partial charge in [-0.3, -0.25) is 9.59 Å². The molecular weight excluding hydrogens is 360 g/mol. The lowest BCUT2D eigenvalue weighted by atomic mass is 9.79. The van der Waals surface area contributed by atoms with Gasteiger partial charge in [-0.2, -0.15) is 0 Å². The highest BCUT2D eigenvalue weighted by atomic mass is 35.5.